The standard InChI is InChI=1S/C21H18Cl2O5/c1-11-15-6-7-18(27-10-13-4-5-14(22)8-17(13)23)12(2)20(15)28-21(25)16(11)9-19(24)26-3/h4-8H,9-10H2,1-3H3. The maximum Gasteiger partial charge on any atom is 0.340 e. The van der Waals surface area contributed by atoms with Gasteiger partial charge in [-0.2, -0.15) is 0 Å². The van der Waals surface area contributed by atoms with Gasteiger partial charge < -0.3 is 13.9 Å². The Balaban J connectivity index is 1.96. The van der Waals surface area contributed by atoms with Gasteiger partial charge in [-0.05, 0) is 43.7 Å². The third-order valence-corrected chi connectivity index (χ3v) is 5.19. The van der Waals surface area contributed by atoms with E-state index in [1.54, 1.807) is 37.3 Å². The van der Waals surface area contributed by atoms with Crippen LogP contribution in [-0.4, -0.2) is 13.1 Å². The quantitative estimate of drug-likeness (QED) is 0.428. The Hall–Kier alpha value is -2.50. The molecule has 0 saturated heterocycles. The first-order chi connectivity index (χ1) is 13.3. The highest BCUT2D eigenvalue weighted by Crippen LogP contribution is 2.31. The minimum atomic E-state index is -0.559. The zero-order valence-electron chi connectivity index (χ0n) is 15.6. The van der Waals surface area contributed by atoms with E-state index in [-0.39, 0.29) is 13.0 Å². The molecular formula is C21H18Cl2O5. The van der Waals surface area contributed by atoms with E-state index in [1.807, 2.05) is 6.92 Å². The lowest BCUT2D eigenvalue weighted by Gasteiger charge is -2.13. The first-order valence-electron chi connectivity index (χ1n) is 8.51. The zero-order valence-corrected chi connectivity index (χ0v) is 17.1. The van der Waals surface area contributed by atoms with Crippen molar-refractivity contribution in [2.45, 2.75) is 26.9 Å². The molecule has 0 unspecified atom stereocenters. The SMILES string of the molecule is COC(=O)Cc1c(C)c2ccc(OCc3ccc(Cl)cc3Cl)c(C)c2oc1=O. The number of hydrogen-bond acceptors (Lipinski definition) is 5. The molecule has 146 valence electrons. The van der Waals surface area contributed by atoms with E-state index in [9.17, 15) is 9.59 Å². The smallest absolute Gasteiger partial charge is 0.340 e. The fourth-order valence-electron chi connectivity index (χ4n) is 2.94. The molecule has 0 amide bonds. The fourth-order valence-corrected chi connectivity index (χ4v) is 3.41. The van der Waals surface area contributed by atoms with E-state index in [0.29, 0.717) is 38.1 Å². The average molecular weight is 421 g/mol. The largest absolute Gasteiger partial charge is 0.488 e. The molecule has 2 aromatic carbocycles. The maximum atomic E-state index is 12.4. The summed E-state index contributed by atoms with van der Waals surface area (Å²) in [5.74, 6) is 0.0769. The number of carbonyl (C=O) groups excluding carboxylic acids is 1. The van der Waals surface area contributed by atoms with Crippen molar-refractivity contribution < 1.29 is 18.7 Å². The summed E-state index contributed by atoms with van der Waals surface area (Å²) in [6.45, 7) is 3.83. The van der Waals surface area contributed by atoms with Crippen molar-refractivity contribution in [1.82, 2.24) is 0 Å². The third kappa shape index (κ3) is 4.01. The maximum absolute atomic E-state index is 12.4. The fraction of sp³-hybridized carbons (Fsp3) is 0.238. The Morgan fingerprint density at radius 3 is 2.54 bits per heavy atom. The number of esters is 1. The van der Waals surface area contributed by atoms with E-state index in [4.69, 9.17) is 32.4 Å². The number of aryl methyl sites for hydroxylation is 2. The highest BCUT2D eigenvalue weighted by Gasteiger charge is 2.18. The van der Waals surface area contributed by atoms with Crippen LogP contribution in [0, 0.1) is 13.8 Å². The molecule has 0 aliphatic heterocycles. The van der Waals surface area contributed by atoms with Crippen LogP contribution in [0.4, 0.5) is 0 Å². The van der Waals surface area contributed by atoms with Gasteiger partial charge >= 0.3 is 11.6 Å². The second-order valence-electron chi connectivity index (χ2n) is 6.34. The Bertz CT molecular complexity index is 1120. The minimum Gasteiger partial charge on any atom is -0.488 e. The number of methoxy groups -OCH3 is 1. The van der Waals surface area contributed by atoms with Gasteiger partial charge in [-0.25, -0.2) is 4.79 Å². The second-order valence-corrected chi connectivity index (χ2v) is 7.18. The van der Waals surface area contributed by atoms with Crippen LogP contribution in [0.2, 0.25) is 10.0 Å². The second kappa shape index (κ2) is 8.25. The van der Waals surface area contributed by atoms with Crippen LogP contribution in [-0.2, 0) is 22.6 Å². The van der Waals surface area contributed by atoms with Gasteiger partial charge in [-0.15, -0.1) is 0 Å². The average Bonchev–Trinajstić information content (AvgIpc) is 2.66. The third-order valence-electron chi connectivity index (χ3n) is 4.60. The van der Waals surface area contributed by atoms with E-state index in [1.165, 1.54) is 7.11 Å². The summed E-state index contributed by atoms with van der Waals surface area (Å²) >= 11 is 12.1. The van der Waals surface area contributed by atoms with Gasteiger partial charge in [0.2, 0.25) is 0 Å². The van der Waals surface area contributed by atoms with Crippen LogP contribution in [0.15, 0.2) is 39.5 Å². The van der Waals surface area contributed by atoms with Gasteiger partial charge in [-0.3, -0.25) is 4.79 Å². The van der Waals surface area contributed by atoms with Crippen molar-refractivity contribution in [1.29, 1.82) is 0 Å². The summed E-state index contributed by atoms with van der Waals surface area (Å²) in [6, 6.07) is 8.80. The molecule has 0 fully saturated rings. The van der Waals surface area contributed by atoms with E-state index >= 15 is 0 Å². The molecule has 0 N–H and O–H groups in total. The molecular weight excluding hydrogens is 403 g/mol. The summed E-state index contributed by atoms with van der Waals surface area (Å²) in [7, 11) is 1.28. The molecule has 0 aliphatic rings. The molecule has 5 nitrogen and oxygen atoms in total. The Morgan fingerprint density at radius 1 is 1.11 bits per heavy atom. The number of ether oxygens (including phenoxy) is 2. The number of rotatable bonds is 5. The lowest BCUT2D eigenvalue weighted by Crippen LogP contribution is -2.16. The molecule has 3 rings (SSSR count). The van der Waals surface area contributed by atoms with Crippen molar-refractivity contribution in [3.8, 4) is 5.75 Å². The van der Waals surface area contributed by atoms with Gasteiger partial charge in [0.25, 0.3) is 0 Å². The molecule has 0 aliphatic carbocycles. The summed E-state index contributed by atoms with van der Waals surface area (Å²) < 4.78 is 16.0. The molecule has 0 radical (unpaired) electrons. The normalized spacial score (nSPS) is 10.9. The number of benzene rings is 2. The number of carbonyl (C=O) groups is 1. The van der Waals surface area contributed by atoms with E-state index < -0.39 is 11.6 Å². The van der Waals surface area contributed by atoms with Crippen molar-refractivity contribution in [3.05, 3.63) is 73.1 Å². The van der Waals surface area contributed by atoms with E-state index in [0.717, 1.165) is 10.9 Å². The molecule has 1 heterocycles. The first-order valence-corrected chi connectivity index (χ1v) is 9.26. The van der Waals surface area contributed by atoms with Gasteiger partial charge in [0.15, 0.2) is 0 Å². The topological polar surface area (TPSA) is 65.7 Å². The van der Waals surface area contributed by atoms with Gasteiger partial charge in [0, 0.05) is 26.6 Å². The summed E-state index contributed by atoms with van der Waals surface area (Å²) in [5, 5.41) is 1.81. The summed E-state index contributed by atoms with van der Waals surface area (Å²) in [6.07, 6.45) is -0.132. The molecule has 0 spiro atoms. The van der Waals surface area contributed by atoms with Crippen molar-refractivity contribution in [3.63, 3.8) is 0 Å². The zero-order chi connectivity index (χ0) is 20.4. The van der Waals surface area contributed by atoms with Crippen LogP contribution < -0.4 is 10.4 Å². The number of fused-ring (bicyclic) bond motifs is 1. The molecule has 7 heteroatoms. The van der Waals surface area contributed by atoms with Crippen LogP contribution in [0.1, 0.15) is 22.3 Å². The highest BCUT2D eigenvalue weighted by molar-refractivity contribution is 6.35. The summed E-state index contributed by atoms with van der Waals surface area (Å²) in [4.78, 5) is 23.9. The Labute approximate surface area is 171 Å². The predicted molar refractivity (Wildman–Crippen MR) is 108 cm³/mol. The minimum absolute atomic E-state index is 0.132. The van der Waals surface area contributed by atoms with E-state index in [2.05, 4.69) is 4.74 Å². The van der Waals surface area contributed by atoms with Crippen molar-refractivity contribution in [2.24, 2.45) is 0 Å². The Morgan fingerprint density at radius 2 is 1.86 bits per heavy atom. The van der Waals surface area contributed by atoms with Crippen LogP contribution >= 0.6 is 23.2 Å². The first kappa shape index (κ1) is 20.2. The number of hydrogen-bond donors (Lipinski definition) is 0. The lowest BCUT2D eigenvalue weighted by atomic mass is 10.0. The van der Waals surface area contributed by atoms with Crippen molar-refractivity contribution >= 4 is 40.1 Å². The van der Waals surface area contributed by atoms with Crippen LogP contribution in [0.5, 0.6) is 5.75 Å². The predicted octanol–water partition coefficient (Wildman–Crippen LogP) is 5.01. The molecule has 0 saturated carbocycles. The van der Waals surface area contributed by atoms with Gasteiger partial charge in [0.05, 0.1) is 19.1 Å². The molecule has 28 heavy (non-hydrogen) atoms. The molecule has 3 aromatic rings. The number of halogens is 2. The van der Waals surface area contributed by atoms with Crippen LogP contribution in [0.3, 0.4) is 0 Å². The van der Waals surface area contributed by atoms with Crippen LogP contribution in [0.25, 0.3) is 11.0 Å². The Kier molecular flexibility index (Phi) is 5.96. The monoisotopic (exact) mass is 420 g/mol. The van der Waals surface area contributed by atoms with Gasteiger partial charge in [-0.1, -0.05) is 29.3 Å². The highest BCUT2D eigenvalue weighted by atomic mass is 35.5. The summed E-state index contributed by atoms with van der Waals surface area (Å²) in [5.41, 5.74) is 2.32. The van der Waals surface area contributed by atoms with Gasteiger partial charge in [0.1, 0.15) is 17.9 Å². The van der Waals surface area contributed by atoms with Crippen molar-refractivity contribution in [2.75, 3.05) is 7.11 Å². The molecule has 1 aromatic heterocycles. The lowest BCUT2D eigenvalue weighted by molar-refractivity contribution is -0.139. The molecule has 0 bridgehead atoms. The molecule has 0 atom stereocenters.